The van der Waals surface area contributed by atoms with Crippen molar-refractivity contribution in [2.45, 2.75) is 101 Å². The van der Waals surface area contributed by atoms with Crippen LogP contribution >= 0.6 is 0 Å². The second kappa shape index (κ2) is 14.6. The Balaban J connectivity index is 1.34. The van der Waals surface area contributed by atoms with Crippen molar-refractivity contribution in [1.82, 2.24) is 40.5 Å². The molecule has 288 valence electrons. The van der Waals surface area contributed by atoms with Gasteiger partial charge >= 0.3 is 6.09 Å². The third-order valence-electron chi connectivity index (χ3n) is 10.1. The van der Waals surface area contributed by atoms with E-state index in [1.807, 2.05) is 22.9 Å². The highest BCUT2D eigenvalue weighted by molar-refractivity contribution is 7.91. The predicted octanol–water partition coefficient (Wildman–Crippen LogP) is 2.44. The number of allylic oxidation sites excluding steroid dienone is 1. The number of aromatic nitrogens is 4. The number of carbonyl (C=O) groups excluding carboxylic acids is 4. The summed E-state index contributed by atoms with van der Waals surface area (Å²) < 4.78 is 66.1. The Morgan fingerprint density at radius 3 is 2.58 bits per heavy atom. The van der Waals surface area contributed by atoms with Gasteiger partial charge in [-0.25, -0.2) is 22.0 Å². The van der Waals surface area contributed by atoms with Gasteiger partial charge in [0.15, 0.2) is 5.82 Å². The number of sulfonamides is 1. The number of amides is 4. The fourth-order valence-corrected chi connectivity index (χ4v) is 8.11. The van der Waals surface area contributed by atoms with Crippen molar-refractivity contribution in [3.63, 3.8) is 0 Å². The quantitative estimate of drug-likeness (QED) is 0.374. The normalized spacial score (nSPS) is 27.3. The number of halogens is 2. The van der Waals surface area contributed by atoms with Crippen LogP contribution < -0.4 is 20.1 Å². The number of fused-ring (bicyclic) bond motifs is 8. The summed E-state index contributed by atoms with van der Waals surface area (Å²) in [5.74, 6) is -4.42. The Morgan fingerprint density at radius 2 is 1.92 bits per heavy atom. The van der Waals surface area contributed by atoms with Crippen LogP contribution in [0.4, 0.5) is 13.6 Å². The molecule has 4 aliphatic rings. The molecule has 2 aliphatic carbocycles. The van der Waals surface area contributed by atoms with Gasteiger partial charge in [-0.1, -0.05) is 32.9 Å². The smallest absolute Gasteiger partial charge is 0.407 e. The van der Waals surface area contributed by atoms with Gasteiger partial charge in [0.2, 0.25) is 28.3 Å². The summed E-state index contributed by atoms with van der Waals surface area (Å²) >= 11 is 0. The molecule has 19 heteroatoms. The summed E-state index contributed by atoms with van der Waals surface area (Å²) in [6.45, 7) is 5.12. The number of alkyl halides is 2. The first-order valence-corrected chi connectivity index (χ1v) is 19.1. The van der Waals surface area contributed by atoms with Crippen molar-refractivity contribution in [2.24, 2.45) is 11.3 Å². The zero-order chi connectivity index (χ0) is 38.3. The molecule has 6 rings (SSSR count). The zero-order valence-electron chi connectivity index (χ0n) is 29.9. The van der Waals surface area contributed by atoms with Crippen LogP contribution in [0.15, 0.2) is 24.3 Å². The molecule has 1 saturated heterocycles. The van der Waals surface area contributed by atoms with Crippen LogP contribution in [-0.2, 0) is 29.1 Å². The van der Waals surface area contributed by atoms with E-state index in [4.69, 9.17) is 9.47 Å². The molecule has 0 unspecified atom stereocenters. The summed E-state index contributed by atoms with van der Waals surface area (Å²) in [7, 11) is -2.57. The minimum Gasteiger partial charge on any atom is -0.496 e. The van der Waals surface area contributed by atoms with Crippen LogP contribution in [0.5, 0.6) is 5.75 Å². The van der Waals surface area contributed by atoms with Gasteiger partial charge < -0.3 is 25.0 Å². The molecule has 3 heterocycles. The number of hydrogen-bond donors (Lipinski definition) is 3. The largest absolute Gasteiger partial charge is 0.496 e. The Hall–Kier alpha value is -4.68. The SMILES string of the molecule is COc1ccc2cc1/C=C/CCCCOC(=O)N[C@@H](C(C)(C)C)C(=O)N1C[C@@H](C[C@H]1C(=O)N[C@@]1(C(=O)NS(=O)(=O)C3CC3)C[C@H]1C(F)F)c1nnn-2n1. The summed E-state index contributed by atoms with van der Waals surface area (Å²) in [6, 6.07) is 2.76. The van der Waals surface area contributed by atoms with Crippen LogP contribution in [0.25, 0.3) is 11.8 Å². The van der Waals surface area contributed by atoms with Gasteiger partial charge in [-0.3, -0.25) is 19.1 Å². The molecule has 2 aliphatic heterocycles. The van der Waals surface area contributed by atoms with Gasteiger partial charge in [0.25, 0.3) is 5.91 Å². The molecule has 53 heavy (non-hydrogen) atoms. The molecule has 2 saturated carbocycles. The molecular weight excluding hydrogens is 718 g/mol. The fraction of sp³-hybridized carbons (Fsp3) is 0.618. The van der Waals surface area contributed by atoms with Crippen molar-refractivity contribution in [3.05, 3.63) is 35.7 Å². The van der Waals surface area contributed by atoms with Crippen molar-refractivity contribution < 1.29 is 45.9 Å². The highest BCUT2D eigenvalue weighted by Crippen LogP contribution is 2.48. The summed E-state index contributed by atoms with van der Waals surface area (Å²) in [5, 5.41) is 17.2. The maximum atomic E-state index is 14.4. The highest BCUT2D eigenvalue weighted by atomic mass is 32.2. The van der Waals surface area contributed by atoms with Crippen LogP contribution in [0.3, 0.4) is 0 Å². The van der Waals surface area contributed by atoms with E-state index in [-0.39, 0.29) is 25.4 Å². The first kappa shape index (κ1) is 38.1. The monoisotopic (exact) mass is 762 g/mol. The third-order valence-corrected chi connectivity index (χ3v) is 11.9. The van der Waals surface area contributed by atoms with E-state index in [1.54, 1.807) is 40.0 Å². The van der Waals surface area contributed by atoms with Gasteiger partial charge in [-0.2, -0.15) is 0 Å². The van der Waals surface area contributed by atoms with Crippen LogP contribution in [0.1, 0.15) is 83.0 Å². The number of nitrogens with one attached hydrogen (secondary N) is 3. The minimum atomic E-state index is -4.12. The standard InChI is InChI=1S/C34H44F2N8O8S/c1-33(2,3)26-30(46)43-18-20(16-24(43)29(45)38-34(17-23(34)27(35)36)31(47)41-53(49,50)22-11-12-22)28-39-42-44(40-28)21-10-13-25(51-4)19(15-21)9-7-5-6-8-14-52-32(48)37-26/h7,9-10,13,15,20,22-24,26-27H,5-6,8,11-12,14,16-18H2,1-4H3,(H,37,48)(H,38,45)(H,41,47)/b9-7+/t20-,23+,24+,26-,34+/m1/s1. The summed E-state index contributed by atoms with van der Waals surface area (Å²) in [4.78, 5) is 57.3. The fourth-order valence-electron chi connectivity index (χ4n) is 6.74. The lowest BCUT2D eigenvalue weighted by molar-refractivity contribution is -0.143. The number of tetrazole rings is 1. The average Bonchev–Trinajstić information content (AvgIpc) is 3.98. The van der Waals surface area contributed by atoms with Crippen LogP contribution in [0, 0.1) is 11.3 Å². The lowest BCUT2D eigenvalue weighted by Crippen LogP contribution is -2.60. The summed E-state index contributed by atoms with van der Waals surface area (Å²) in [6.07, 6.45) is 1.97. The summed E-state index contributed by atoms with van der Waals surface area (Å²) in [5.41, 5.74) is -1.79. The molecule has 16 nitrogen and oxygen atoms in total. The van der Waals surface area contributed by atoms with Crippen molar-refractivity contribution >= 4 is 39.9 Å². The number of nitrogens with zero attached hydrogens (tertiary/aromatic N) is 5. The van der Waals surface area contributed by atoms with E-state index in [0.29, 0.717) is 43.5 Å². The van der Waals surface area contributed by atoms with E-state index in [0.717, 1.165) is 5.56 Å². The van der Waals surface area contributed by atoms with E-state index < -0.39 is 86.8 Å². The molecular formula is C34H44F2N8O8S. The Bertz CT molecular complexity index is 1900. The first-order valence-electron chi connectivity index (χ1n) is 17.6. The average molecular weight is 763 g/mol. The molecule has 3 fully saturated rings. The molecule has 3 N–H and O–H groups in total. The molecule has 6 bridgehead atoms. The number of alkyl carbamates (subject to hydrolysis) is 1. The van der Waals surface area contributed by atoms with Crippen molar-refractivity contribution in [2.75, 3.05) is 20.3 Å². The molecule has 0 spiro atoms. The number of methoxy groups -OCH3 is 1. The van der Waals surface area contributed by atoms with Gasteiger partial charge in [0.1, 0.15) is 23.4 Å². The van der Waals surface area contributed by atoms with Gasteiger partial charge in [-0.15, -0.1) is 15.0 Å². The molecule has 5 atom stereocenters. The van der Waals surface area contributed by atoms with Crippen molar-refractivity contribution in [3.8, 4) is 11.4 Å². The lowest BCUT2D eigenvalue weighted by Gasteiger charge is -2.35. The molecule has 1 aromatic carbocycles. The second-order valence-corrected chi connectivity index (χ2v) is 17.0. The molecule has 0 radical (unpaired) electrons. The third kappa shape index (κ3) is 8.13. The number of carbonyl (C=O) groups is 4. The Morgan fingerprint density at radius 1 is 1.17 bits per heavy atom. The number of rotatable bonds is 7. The number of cyclic esters (lactones) is 1. The first-order chi connectivity index (χ1) is 25.0. The van der Waals surface area contributed by atoms with E-state index in [2.05, 4.69) is 26.0 Å². The Kier molecular flexibility index (Phi) is 10.5. The van der Waals surface area contributed by atoms with Crippen LogP contribution in [0.2, 0.25) is 0 Å². The highest BCUT2D eigenvalue weighted by Gasteiger charge is 2.67. The van der Waals surface area contributed by atoms with Gasteiger partial charge in [0.05, 0.1) is 30.6 Å². The maximum Gasteiger partial charge on any atom is 0.407 e. The Labute approximate surface area is 305 Å². The van der Waals surface area contributed by atoms with Crippen LogP contribution in [-0.4, -0.2) is 107 Å². The maximum absolute atomic E-state index is 14.4. The van der Waals surface area contributed by atoms with Gasteiger partial charge in [-0.05, 0) is 73.8 Å². The van der Waals surface area contributed by atoms with Crippen molar-refractivity contribution in [1.29, 1.82) is 0 Å². The number of hydrogen-bond acceptors (Lipinski definition) is 11. The van der Waals surface area contributed by atoms with E-state index >= 15 is 0 Å². The predicted molar refractivity (Wildman–Crippen MR) is 184 cm³/mol. The number of benzene rings is 1. The molecule has 4 amide bonds. The topological polar surface area (TPSA) is 204 Å². The zero-order valence-corrected chi connectivity index (χ0v) is 30.7. The second-order valence-electron chi connectivity index (χ2n) is 15.1. The van der Waals surface area contributed by atoms with E-state index in [1.165, 1.54) is 9.70 Å². The molecule has 2 aromatic rings. The number of ether oxygens (including phenoxy) is 2. The minimum absolute atomic E-state index is 0.0874. The molecule has 1 aromatic heterocycles. The van der Waals surface area contributed by atoms with Gasteiger partial charge in [0, 0.05) is 18.0 Å². The lowest BCUT2D eigenvalue weighted by atomic mass is 9.85. The van der Waals surface area contributed by atoms with E-state index in [9.17, 15) is 36.4 Å².